The molecule has 112 valence electrons. The average Bonchev–Trinajstić information content (AvgIpc) is 2.87. The van der Waals surface area contributed by atoms with Gasteiger partial charge in [-0.05, 0) is 31.4 Å². The third-order valence-corrected chi connectivity index (χ3v) is 4.02. The highest BCUT2D eigenvalue weighted by atomic mass is 16.5. The Bertz CT molecular complexity index is 604. The van der Waals surface area contributed by atoms with E-state index >= 15 is 0 Å². The number of nitrogens with two attached hydrogens (primary N) is 1. The van der Waals surface area contributed by atoms with E-state index in [1.165, 1.54) is 19.3 Å². The van der Waals surface area contributed by atoms with E-state index in [1.807, 2.05) is 28.9 Å². The summed E-state index contributed by atoms with van der Waals surface area (Å²) in [5.74, 6) is 1.38. The van der Waals surface area contributed by atoms with Crippen molar-refractivity contribution in [3.05, 3.63) is 35.7 Å². The maximum Gasteiger partial charge on any atom is 0.145 e. The lowest BCUT2D eigenvalue weighted by atomic mass is 9.82. The zero-order chi connectivity index (χ0) is 14.7. The number of nitrogens with zero attached hydrogens (tertiary/aromatic N) is 3. The van der Waals surface area contributed by atoms with Gasteiger partial charge in [-0.1, -0.05) is 30.7 Å². The van der Waals surface area contributed by atoms with Crippen LogP contribution in [0.1, 0.15) is 49.9 Å². The SMILES string of the molecule is CCCOc1ccccc1-n1nnc(CN)c1C1CCC1. The third kappa shape index (κ3) is 2.65. The van der Waals surface area contributed by atoms with Crippen molar-refractivity contribution in [1.29, 1.82) is 0 Å². The molecule has 2 N–H and O–H groups in total. The molecule has 1 fully saturated rings. The Balaban J connectivity index is 2.02. The van der Waals surface area contributed by atoms with Gasteiger partial charge in [0.15, 0.2) is 0 Å². The Kier molecular flexibility index (Phi) is 4.20. The number of para-hydroxylation sites is 2. The van der Waals surface area contributed by atoms with Crippen molar-refractivity contribution >= 4 is 0 Å². The summed E-state index contributed by atoms with van der Waals surface area (Å²) in [5, 5.41) is 8.60. The van der Waals surface area contributed by atoms with Crippen LogP contribution in [0.3, 0.4) is 0 Å². The molecule has 0 amide bonds. The van der Waals surface area contributed by atoms with Gasteiger partial charge in [-0.2, -0.15) is 0 Å². The quantitative estimate of drug-likeness (QED) is 0.886. The standard InChI is InChI=1S/C16H22N4O/c1-2-10-21-15-9-4-3-8-14(15)20-16(12-6-5-7-12)13(11-17)18-19-20/h3-4,8-9,12H,2,5-7,10-11,17H2,1H3. The zero-order valence-corrected chi connectivity index (χ0v) is 12.5. The second-order valence-electron chi connectivity index (χ2n) is 5.48. The van der Waals surface area contributed by atoms with Crippen LogP contribution in [0, 0.1) is 0 Å². The number of ether oxygens (including phenoxy) is 1. The molecule has 0 aliphatic heterocycles. The largest absolute Gasteiger partial charge is 0.491 e. The van der Waals surface area contributed by atoms with Crippen molar-refractivity contribution in [3.63, 3.8) is 0 Å². The average molecular weight is 286 g/mol. The molecule has 1 aromatic carbocycles. The smallest absolute Gasteiger partial charge is 0.145 e. The fourth-order valence-electron chi connectivity index (χ4n) is 2.70. The van der Waals surface area contributed by atoms with Crippen molar-refractivity contribution in [1.82, 2.24) is 15.0 Å². The molecule has 1 aliphatic rings. The summed E-state index contributed by atoms with van der Waals surface area (Å²) in [4.78, 5) is 0. The Morgan fingerprint density at radius 3 is 2.81 bits per heavy atom. The minimum absolute atomic E-state index is 0.434. The first-order valence-corrected chi connectivity index (χ1v) is 7.72. The Morgan fingerprint density at radius 1 is 1.33 bits per heavy atom. The summed E-state index contributed by atoms with van der Waals surface area (Å²) in [7, 11) is 0. The molecule has 1 saturated carbocycles. The first kappa shape index (κ1) is 14.1. The summed E-state index contributed by atoms with van der Waals surface area (Å²) in [6.45, 7) is 3.24. The van der Waals surface area contributed by atoms with E-state index in [1.54, 1.807) is 0 Å². The molecule has 0 spiro atoms. The summed E-state index contributed by atoms with van der Waals surface area (Å²) in [6.07, 6.45) is 4.64. The lowest BCUT2D eigenvalue weighted by Crippen LogP contribution is -2.17. The molecular formula is C16H22N4O. The predicted molar refractivity (Wildman–Crippen MR) is 81.6 cm³/mol. The van der Waals surface area contributed by atoms with Crippen molar-refractivity contribution in [2.75, 3.05) is 6.61 Å². The van der Waals surface area contributed by atoms with Gasteiger partial charge in [0.1, 0.15) is 17.1 Å². The van der Waals surface area contributed by atoms with E-state index in [0.717, 1.165) is 29.2 Å². The lowest BCUT2D eigenvalue weighted by Gasteiger charge is -2.27. The van der Waals surface area contributed by atoms with Crippen molar-refractivity contribution in [2.24, 2.45) is 5.73 Å². The van der Waals surface area contributed by atoms with Crippen LogP contribution >= 0.6 is 0 Å². The van der Waals surface area contributed by atoms with Gasteiger partial charge >= 0.3 is 0 Å². The van der Waals surface area contributed by atoms with E-state index in [2.05, 4.69) is 17.2 Å². The molecule has 5 heteroatoms. The van der Waals surface area contributed by atoms with Gasteiger partial charge in [0.2, 0.25) is 0 Å². The van der Waals surface area contributed by atoms with Crippen LogP contribution in [0.2, 0.25) is 0 Å². The molecule has 2 aromatic rings. The van der Waals surface area contributed by atoms with Gasteiger partial charge in [0, 0.05) is 12.5 Å². The van der Waals surface area contributed by atoms with Crippen molar-refractivity contribution in [2.45, 2.75) is 45.1 Å². The maximum absolute atomic E-state index is 5.85. The van der Waals surface area contributed by atoms with Crippen molar-refractivity contribution < 1.29 is 4.74 Å². The Morgan fingerprint density at radius 2 is 2.14 bits per heavy atom. The molecule has 0 unspecified atom stereocenters. The zero-order valence-electron chi connectivity index (χ0n) is 12.5. The highest BCUT2D eigenvalue weighted by molar-refractivity contribution is 5.47. The highest BCUT2D eigenvalue weighted by Crippen LogP contribution is 2.39. The molecule has 0 bridgehead atoms. The molecule has 0 radical (unpaired) electrons. The van der Waals surface area contributed by atoms with Crippen LogP contribution in [0.25, 0.3) is 5.69 Å². The van der Waals surface area contributed by atoms with Gasteiger partial charge in [-0.3, -0.25) is 0 Å². The third-order valence-electron chi connectivity index (χ3n) is 4.02. The van der Waals surface area contributed by atoms with Crippen LogP contribution in [0.15, 0.2) is 24.3 Å². The topological polar surface area (TPSA) is 66.0 Å². The van der Waals surface area contributed by atoms with Crippen LogP contribution in [-0.2, 0) is 6.54 Å². The molecular weight excluding hydrogens is 264 g/mol. The lowest BCUT2D eigenvalue weighted by molar-refractivity contribution is 0.314. The minimum atomic E-state index is 0.434. The molecule has 21 heavy (non-hydrogen) atoms. The fourth-order valence-corrected chi connectivity index (χ4v) is 2.70. The molecule has 0 saturated heterocycles. The summed E-state index contributed by atoms with van der Waals surface area (Å²) >= 11 is 0. The normalized spacial score (nSPS) is 15.0. The number of benzene rings is 1. The fraction of sp³-hybridized carbons (Fsp3) is 0.500. The van der Waals surface area contributed by atoms with Gasteiger partial charge in [0.25, 0.3) is 0 Å². The van der Waals surface area contributed by atoms with Crippen molar-refractivity contribution in [3.8, 4) is 11.4 Å². The molecule has 1 heterocycles. The number of rotatable bonds is 6. The summed E-state index contributed by atoms with van der Waals surface area (Å²) in [6, 6.07) is 8.00. The van der Waals surface area contributed by atoms with Gasteiger partial charge in [-0.15, -0.1) is 5.10 Å². The Hall–Kier alpha value is -1.88. The van der Waals surface area contributed by atoms with Crippen LogP contribution in [-0.4, -0.2) is 21.6 Å². The summed E-state index contributed by atoms with van der Waals surface area (Å²) in [5.41, 5.74) is 8.86. The second kappa shape index (κ2) is 6.26. The number of hydrogen-bond donors (Lipinski definition) is 1. The first-order chi connectivity index (χ1) is 10.3. The number of hydrogen-bond acceptors (Lipinski definition) is 4. The van der Waals surface area contributed by atoms with E-state index in [0.29, 0.717) is 19.1 Å². The Labute approximate surface area is 125 Å². The van der Waals surface area contributed by atoms with Gasteiger partial charge in [0.05, 0.1) is 12.3 Å². The first-order valence-electron chi connectivity index (χ1n) is 7.72. The van der Waals surface area contributed by atoms with Crippen LogP contribution < -0.4 is 10.5 Å². The second-order valence-corrected chi connectivity index (χ2v) is 5.48. The van der Waals surface area contributed by atoms with Crippen LogP contribution in [0.4, 0.5) is 0 Å². The van der Waals surface area contributed by atoms with E-state index in [-0.39, 0.29) is 0 Å². The minimum Gasteiger partial charge on any atom is -0.491 e. The predicted octanol–water partition coefficient (Wildman–Crippen LogP) is 2.78. The molecule has 5 nitrogen and oxygen atoms in total. The maximum atomic E-state index is 5.85. The monoisotopic (exact) mass is 286 g/mol. The molecule has 1 aromatic heterocycles. The van der Waals surface area contributed by atoms with Gasteiger partial charge in [-0.25, -0.2) is 4.68 Å². The van der Waals surface area contributed by atoms with Gasteiger partial charge < -0.3 is 10.5 Å². The number of aromatic nitrogens is 3. The van der Waals surface area contributed by atoms with E-state index in [4.69, 9.17) is 10.5 Å². The molecule has 0 atom stereocenters. The highest BCUT2D eigenvalue weighted by Gasteiger charge is 2.28. The molecule has 1 aliphatic carbocycles. The van der Waals surface area contributed by atoms with E-state index < -0.39 is 0 Å². The molecule has 3 rings (SSSR count). The summed E-state index contributed by atoms with van der Waals surface area (Å²) < 4.78 is 7.78. The van der Waals surface area contributed by atoms with Crippen LogP contribution in [0.5, 0.6) is 5.75 Å². The van der Waals surface area contributed by atoms with E-state index in [9.17, 15) is 0 Å².